The van der Waals surface area contributed by atoms with Gasteiger partial charge in [0, 0.05) is 26.1 Å². The monoisotopic (exact) mass is 283 g/mol. The van der Waals surface area contributed by atoms with Crippen molar-refractivity contribution in [3.63, 3.8) is 0 Å². The second-order valence-electron chi connectivity index (χ2n) is 5.40. The molecule has 1 heterocycles. The Balaban J connectivity index is 2.15. The second kappa shape index (κ2) is 5.86. The lowest BCUT2D eigenvalue weighted by Crippen LogP contribution is -2.52. The van der Waals surface area contributed by atoms with Gasteiger partial charge in [-0.15, -0.1) is 0 Å². The van der Waals surface area contributed by atoms with Crippen molar-refractivity contribution in [2.75, 3.05) is 19.6 Å². The van der Waals surface area contributed by atoms with E-state index in [1.54, 1.807) is 4.90 Å². The van der Waals surface area contributed by atoms with Crippen LogP contribution in [0, 0.1) is 5.41 Å². The van der Waals surface area contributed by atoms with Gasteiger partial charge in [0.2, 0.25) is 11.8 Å². The molecule has 0 bridgehead atoms. The number of rotatable bonds is 2. The molecule has 5 nitrogen and oxygen atoms in total. The predicted molar refractivity (Wildman–Crippen MR) is 76.5 cm³/mol. The van der Waals surface area contributed by atoms with Gasteiger partial charge in [-0.2, -0.15) is 0 Å². The molecule has 0 aromatic heterocycles. The van der Waals surface area contributed by atoms with Crippen LogP contribution in [-0.2, 0) is 9.59 Å². The molecule has 2 amide bonds. The summed E-state index contributed by atoms with van der Waals surface area (Å²) in [6, 6.07) is 0. The molecule has 0 unspecified atom stereocenters. The smallest absolute Gasteiger partial charge is 0.235 e. The van der Waals surface area contributed by atoms with Crippen molar-refractivity contribution in [2.24, 2.45) is 11.1 Å². The molecule has 1 aliphatic carbocycles. The molecule has 1 aliphatic heterocycles. The van der Waals surface area contributed by atoms with Crippen LogP contribution in [0.4, 0.5) is 0 Å². The quantitative estimate of drug-likeness (QED) is 0.727. The van der Waals surface area contributed by atoms with E-state index in [2.05, 4.69) is 5.32 Å². The number of hydrogen-bond donors (Lipinski definition) is 2. The molecule has 1 saturated carbocycles. The van der Waals surface area contributed by atoms with Crippen LogP contribution in [0.15, 0.2) is 0 Å². The number of nitrogens with two attached hydrogens (primary N) is 1. The first kappa shape index (κ1) is 14.2. The van der Waals surface area contributed by atoms with Crippen molar-refractivity contribution in [3.05, 3.63) is 0 Å². The summed E-state index contributed by atoms with van der Waals surface area (Å²) in [7, 11) is 0. The van der Waals surface area contributed by atoms with Gasteiger partial charge in [-0.1, -0.05) is 31.5 Å². The van der Waals surface area contributed by atoms with Crippen molar-refractivity contribution >= 4 is 29.0 Å². The van der Waals surface area contributed by atoms with Gasteiger partial charge in [-0.05, 0) is 12.8 Å². The molecule has 0 spiro atoms. The second-order valence-corrected chi connectivity index (χ2v) is 5.84. The third kappa shape index (κ3) is 2.88. The lowest BCUT2D eigenvalue weighted by molar-refractivity contribution is -0.139. The Kier molecular flexibility index (Phi) is 4.39. The van der Waals surface area contributed by atoms with E-state index in [-0.39, 0.29) is 11.8 Å². The summed E-state index contributed by atoms with van der Waals surface area (Å²) in [5.74, 6) is 0.0273. The number of amides is 2. The maximum atomic E-state index is 12.8. The van der Waals surface area contributed by atoms with Crippen molar-refractivity contribution in [2.45, 2.75) is 38.5 Å². The first-order valence-electron chi connectivity index (χ1n) is 6.92. The van der Waals surface area contributed by atoms with Gasteiger partial charge in [-0.3, -0.25) is 9.59 Å². The largest absolute Gasteiger partial charge is 0.392 e. The number of carbonyl (C=O) groups is 2. The van der Waals surface area contributed by atoms with Crippen LogP contribution in [0.3, 0.4) is 0 Å². The molecule has 0 aromatic rings. The highest BCUT2D eigenvalue weighted by molar-refractivity contribution is 7.80. The fourth-order valence-electron chi connectivity index (χ4n) is 2.99. The number of thiocarbonyl (C=S) groups is 1. The Hall–Kier alpha value is -1.17. The zero-order valence-corrected chi connectivity index (χ0v) is 11.9. The SMILES string of the molecule is NC(=S)C1(C(=O)N2CCNC(=O)CC2)CCCCC1. The Bertz CT molecular complexity index is 391. The van der Waals surface area contributed by atoms with E-state index in [9.17, 15) is 9.59 Å². The first-order chi connectivity index (χ1) is 9.06. The molecular weight excluding hydrogens is 262 g/mol. The number of nitrogens with zero attached hydrogens (tertiary/aromatic N) is 1. The lowest BCUT2D eigenvalue weighted by atomic mass is 9.73. The molecule has 1 saturated heterocycles. The van der Waals surface area contributed by atoms with Crippen LogP contribution in [-0.4, -0.2) is 41.3 Å². The summed E-state index contributed by atoms with van der Waals surface area (Å²) in [5.41, 5.74) is 5.21. The fraction of sp³-hybridized carbons (Fsp3) is 0.769. The number of carbonyl (C=O) groups excluding carboxylic acids is 2. The van der Waals surface area contributed by atoms with E-state index in [0.717, 1.165) is 32.1 Å². The van der Waals surface area contributed by atoms with Crippen molar-refractivity contribution in [1.29, 1.82) is 0 Å². The zero-order valence-electron chi connectivity index (χ0n) is 11.1. The lowest BCUT2D eigenvalue weighted by Gasteiger charge is -2.38. The van der Waals surface area contributed by atoms with E-state index in [1.807, 2.05) is 0 Å². The van der Waals surface area contributed by atoms with E-state index >= 15 is 0 Å². The molecule has 6 heteroatoms. The molecule has 2 rings (SSSR count). The van der Waals surface area contributed by atoms with Crippen LogP contribution >= 0.6 is 12.2 Å². The summed E-state index contributed by atoms with van der Waals surface area (Å²) in [6.45, 7) is 1.53. The van der Waals surface area contributed by atoms with Crippen LogP contribution in [0.5, 0.6) is 0 Å². The highest BCUT2D eigenvalue weighted by Gasteiger charge is 2.44. The molecule has 2 aliphatic rings. The molecule has 3 N–H and O–H groups in total. The van der Waals surface area contributed by atoms with Gasteiger partial charge in [0.15, 0.2) is 0 Å². The predicted octanol–water partition coefficient (Wildman–Crippen LogP) is 0.571. The van der Waals surface area contributed by atoms with Gasteiger partial charge in [0.25, 0.3) is 0 Å². The van der Waals surface area contributed by atoms with E-state index in [0.29, 0.717) is 31.0 Å². The van der Waals surface area contributed by atoms with Crippen molar-refractivity contribution in [3.8, 4) is 0 Å². The van der Waals surface area contributed by atoms with Crippen LogP contribution < -0.4 is 11.1 Å². The Morgan fingerprint density at radius 2 is 1.95 bits per heavy atom. The zero-order chi connectivity index (χ0) is 13.9. The maximum absolute atomic E-state index is 12.8. The molecule has 19 heavy (non-hydrogen) atoms. The van der Waals surface area contributed by atoms with Crippen molar-refractivity contribution in [1.82, 2.24) is 10.2 Å². The fourth-order valence-corrected chi connectivity index (χ4v) is 3.29. The maximum Gasteiger partial charge on any atom is 0.235 e. The molecular formula is C13H21N3O2S. The highest BCUT2D eigenvalue weighted by Crippen LogP contribution is 2.38. The summed E-state index contributed by atoms with van der Waals surface area (Å²) in [4.78, 5) is 26.2. The van der Waals surface area contributed by atoms with Crippen molar-refractivity contribution < 1.29 is 9.59 Å². The molecule has 0 atom stereocenters. The standard InChI is InChI=1S/C13H21N3O2S/c14-11(19)13(5-2-1-3-6-13)12(18)16-8-4-10(17)15-7-9-16/h1-9H2,(H2,14,19)(H,15,17). The van der Waals surface area contributed by atoms with Crippen LogP contribution in [0.2, 0.25) is 0 Å². The Labute approximate surface area is 118 Å². The molecule has 2 fully saturated rings. The highest BCUT2D eigenvalue weighted by atomic mass is 32.1. The Morgan fingerprint density at radius 1 is 1.26 bits per heavy atom. The number of hydrogen-bond acceptors (Lipinski definition) is 3. The average molecular weight is 283 g/mol. The van der Waals surface area contributed by atoms with Gasteiger partial charge >= 0.3 is 0 Å². The van der Waals surface area contributed by atoms with Gasteiger partial charge in [0.1, 0.15) is 0 Å². The summed E-state index contributed by atoms with van der Waals surface area (Å²) in [6.07, 6.45) is 4.98. The summed E-state index contributed by atoms with van der Waals surface area (Å²) in [5, 5.41) is 2.78. The third-order valence-electron chi connectivity index (χ3n) is 4.19. The minimum Gasteiger partial charge on any atom is -0.392 e. The van der Waals surface area contributed by atoms with Gasteiger partial charge < -0.3 is 16.0 Å². The minimum absolute atomic E-state index is 0.00307. The number of nitrogens with one attached hydrogen (secondary N) is 1. The Morgan fingerprint density at radius 3 is 2.58 bits per heavy atom. The minimum atomic E-state index is -0.666. The summed E-state index contributed by atoms with van der Waals surface area (Å²) < 4.78 is 0. The van der Waals surface area contributed by atoms with E-state index < -0.39 is 5.41 Å². The summed E-state index contributed by atoms with van der Waals surface area (Å²) >= 11 is 5.18. The molecule has 0 radical (unpaired) electrons. The van der Waals surface area contributed by atoms with Crippen LogP contribution in [0.1, 0.15) is 38.5 Å². The van der Waals surface area contributed by atoms with E-state index in [4.69, 9.17) is 18.0 Å². The average Bonchev–Trinajstić information content (AvgIpc) is 2.63. The molecule has 0 aromatic carbocycles. The topological polar surface area (TPSA) is 75.4 Å². The van der Waals surface area contributed by atoms with Crippen LogP contribution in [0.25, 0.3) is 0 Å². The normalized spacial score (nSPS) is 23.4. The van der Waals surface area contributed by atoms with Gasteiger partial charge in [-0.25, -0.2) is 0 Å². The molecule has 106 valence electrons. The first-order valence-corrected chi connectivity index (χ1v) is 7.33. The van der Waals surface area contributed by atoms with E-state index in [1.165, 1.54) is 0 Å². The third-order valence-corrected chi connectivity index (χ3v) is 4.58. The van der Waals surface area contributed by atoms with Gasteiger partial charge in [0.05, 0.1) is 10.4 Å².